The number of carbonyl (C=O) groups excluding carboxylic acids is 2. The summed E-state index contributed by atoms with van der Waals surface area (Å²) >= 11 is 0. The lowest BCUT2D eigenvalue weighted by Crippen LogP contribution is -2.44. The Morgan fingerprint density at radius 3 is 2.38 bits per heavy atom. The van der Waals surface area contributed by atoms with Crippen LogP contribution < -0.4 is 10.1 Å². The molecule has 9 heteroatoms. The molecule has 1 aromatic carbocycles. The van der Waals surface area contributed by atoms with Crippen LogP contribution in [-0.4, -0.2) is 51.5 Å². The largest absolute Gasteiger partial charge is 0.494 e. The van der Waals surface area contributed by atoms with Crippen molar-refractivity contribution in [2.24, 2.45) is 4.36 Å². The molecule has 162 valence electrons. The van der Waals surface area contributed by atoms with Crippen LogP contribution in [0.1, 0.15) is 51.5 Å². The number of ether oxygens (including phenoxy) is 1. The minimum atomic E-state index is -2.52. The Balaban J connectivity index is 2.79. The van der Waals surface area contributed by atoms with Crippen molar-refractivity contribution in [2.75, 3.05) is 20.2 Å². The van der Waals surface area contributed by atoms with Crippen LogP contribution in [0.15, 0.2) is 28.6 Å². The number of hydrogen-bond acceptors (Lipinski definition) is 6. The Kier molecular flexibility index (Phi) is 11.6. The molecule has 0 saturated heterocycles. The van der Waals surface area contributed by atoms with Crippen molar-refractivity contribution in [2.45, 2.75) is 58.4 Å². The fourth-order valence-corrected chi connectivity index (χ4v) is 3.35. The number of benzene rings is 1. The Labute approximate surface area is 174 Å². The fraction of sp³-hybridized carbons (Fsp3) is 0.600. The van der Waals surface area contributed by atoms with Gasteiger partial charge in [-0.15, -0.1) is 0 Å². The second-order valence-corrected chi connectivity index (χ2v) is 7.26. The lowest BCUT2D eigenvalue weighted by atomic mass is 10.1. The standard InChI is InChI=1S/C20H31N3O5S/c1-4-6-7-8-17(22-29(26)27)13-14-23(20(25)21-3)19(24)15-16-9-11-18(12-10-16)28-5-2/h9-12,17H,4-8,13-15H2,1-3H3,(H,21,25). The third kappa shape index (κ3) is 9.56. The lowest BCUT2D eigenvalue weighted by Gasteiger charge is -2.22. The summed E-state index contributed by atoms with van der Waals surface area (Å²) in [6, 6.07) is 6.18. The number of imide groups is 1. The Morgan fingerprint density at radius 2 is 1.83 bits per heavy atom. The molecule has 1 rings (SSSR count). The van der Waals surface area contributed by atoms with Crippen LogP contribution in [0.4, 0.5) is 4.79 Å². The molecule has 0 aliphatic rings. The highest BCUT2D eigenvalue weighted by Gasteiger charge is 2.22. The van der Waals surface area contributed by atoms with Crippen LogP contribution in [0.3, 0.4) is 0 Å². The van der Waals surface area contributed by atoms with E-state index in [1.807, 2.05) is 6.92 Å². The molecule has 1 aromatic rings. The summed E-state index contributed by atoms with van der Waals surface area (Å²) in [6.07, 6.45) is 3.81. The number of carbonyl (C=O) groups is 2. The second kappa shape index (κ2) is 13.7. The molecule has 8 nitrogen and oxygen atoms in total. The van der Waals surface area contributed by atoms with Gasteiger partial charge in [-0.25, -0.2) is 4.79 Å². The van der Waals surface area contributed by atoms with E-state index >= 15 is 0 Å². The lowest BCUT2D eigenvalue weighted by molar-refractivity contribution is -0.127. The number of nitrogens with zero attached hydrogens (tertiary/aromatic N) is 2. The first-order valence-corrected chi connectivity index (χ1v) is 11.0. The van der Waals surface area contributed by atoms with Crippen molar-refractivity contribution in [1.82, 2.24) is 10.2 Å². The van der Waals surface area contributed by atoms with Crippen LogP contribution in [0, 0.1) is 0 Å². The maximum atomic E-state index is 12.7. The molecule has 0 heterocycles. The highest BCUT2D eigenvalue weighted by atomic mass is 32.2. The van der Waals surface area contributed by atoms with E-state index in [0.29, 0.717) is 25.2 Å². The summed E-state index contributed by atoms with van der Waals surface area (Å²) in [6.45, 7) is 4.61. The van der Waals surface area contributed by atoms with Gasteiger partial charge in [0.1, 0.15) is 5.75 Å². The van der Waals surface area contributed by atoms with Crippen molar-refractivity contribution < 1.29 is 22.7 Å². The van der Waals surface area contributed by atoms with E-state index in [2.05, 4.69) is 16.6 Å². The van der Waals surface area contributed by atoms with Crippen LogP contribution in [0.2, 0.25) is 0 Å². The average Bonchev–Trinajstić information content (AvgIpc) is 2.69. The molecule has 0 bridgehead atoms. The van der Waals surface area contributed by atoms with E-state index in [9.17, 15) is 18.0 Å². The van der Waals surface area contributed by atoms with Gasteiger partial charge in [0.25, 0.3) is 0 Å². The van der Waals surface area contributed by atoms with Gasteiger partial charge >= 0.3 is 16.5 Å². The number of rotatable bonds is 12. The Bertz CT molecular complexity index is 770. The minimum absolute atomic E-state index is 0.0605. The van der Waals surface area contributed by atoms with Crippen molar-refractivity contribution in [3.63, 3.8) is 0 Å². The van der Waals surface area contributed by atoms with Crippen LogP contribution >= 0.6 is 0 Å². The fourth-order valence-electron chi connectivity index (χ4n) is 2.89. The van der Waals surface area contributed by atoms with Gasteiger partial charge in [-0.2, -0.15) is 12.8 Å². The average molecular weight is 426 g/mol. The molecule has 0 spiro atoms. The summed E-state index contributed by atoms with van der Waals surface area (Å²) < 4.78 is 31.1. The summed E-state index contributed by atoms with van der Waals surface area (Å²) in [5.74, 6) is 0.359. The molecule has 0 fully saturated rings. The first-order valence-electron chi connectivity index (χ1n) is 9.95. The molecule has 0 saturated carbocycles. The molecule has 0 aliphatic heterocycles. The van der Waals surface area contributed by atoms with E-state index in [4.69, 9.17) is 4.74 Å². The Morgan fingerprint density at radius 1 is 1.14 bits per heavy atom. The van der Waals surface area contributed by atoms with Crippen molar-refractivity contribution >= 4 is 22.4 Å². The zero-order chi connectivity index (χ0) is 21.6. The molecule has 3 amide bonds. The van der Waals surface area contributed by atoms with E-state index < -0.39 is 22.6 Å². The van der Waals surface area contributed by atoms with Gasteiger partial charge in [0.15, 0.2) is 0 Å². The van der Waals surface area contributed by atoms with Gasteiger partial charge in [0.2, 0.25) is 5.91 Å². The van der Waals surface area contributed by atoms with E-state index in [1.54, 1.807) is 24.3 Å². The molecule has 0 aromatic heterocycles. The number of hydrogen-bond donors (Lipinski definition) is 1. The maximum absolute atomic E-state index is 12.7. The van der Waals surface area contributed by atoms with Crippen LogP contribution in [-0.2, 0) is 21.7 Å². The molecule has 0 radical (unpaired) electrons. The van der Waals surface area contributed by atoms with Gasteiger partial charge in [0, 0.05) is 13.6 Å². The number of nitrogens with one attached hydrogen (secondary N) is 1. The molecule has 0 aliphatic carbocycles. The minimum Gasteiger partial charge on any atom is -0.494 e. The highest BCUT2D eigenvalue weighted by molar-refractivity contribution is 7.61. The summed E-state index contributed by atoms with van der Waals surface area (Å²) in [5.41, 5.74) is 0.761. The first-order chi connectivity index (χ1) is 13.9. The van der Waals surface area contributed by atoms with E-state index in [1.165, 1.54) is 7.05 Å². The van der Waals surface area contributed by atoms with Gasteiger partial charge in [-0.05, 0) is 37.5 Å². The first kappa shape index (κ1) is 24.6. The van der Waals surface area contributed by atoms with Gasteiger partial charge < -0.3 is 10.1 Å². The third-order valence-electron chi connectivity index (χ3n) is 4.41. The number of urea groups is 1. The third-order valence-corrected chi connectivity index (χ3v) is 4.88. The summed E-state index contributed by atoms with van der Waals surface area (Å²) in [7, 11) is -1.06. The number of unbranched alkanes of at least 4 members (excludes halogenated alkanes) is 2. The summed E-state index contributed by atoms with van der Waals surface area (Å²) in [4.78, 5) is 26.0. The van der Waals surface area contributed by atoms with Crippen molar-refractivity contribution in [3.05, 3.63) is 29.8 Å². The van der Waals surface area contributed by atoms with Gasteiger partial charge in [-0.3, -0.25) is 9.69 Å². The summed E-state index contributed by atoms with van der Waals surface area (Å²) in [5, 5.41) is 2.47. The zero-order valence-electron chi connectivity index (χ0n) is 17.4. The molecule has 1 N–H and O–H groups in total. The highest BCUT2D eigenvalue weighted by Crippen LogP contribution is 2.15. The topological polar surface area (TPSA) is 105 Å². The van der Waals surface area contributed by atoms with Crippen LogP contribution in [0.25, 0.3) is 0 Å². The molecule has 1 unspecified atom stereocenters. The van der Waals surface area contributed by atoms with Crippen molar-refractivity contribution in [3.8, 4) is 5.75 Å². The molecular formula is C20H31N3O5S. The number of amides is 3. The predicted octanol–water partition coefficient (Wildman–Crippen LogP) is 3.20. The zero-order valence-corrected chi connectivity index (χ0v) is 18.2. The normalized spacial score (nSPS) is 11.4. The van der Waals surface area contributed by atoms with Crippen LogP contribution in [0.5, 0.6) is 5.75 Å². The van der Waals surface area contributed by atoms with Crippen molar-refractivity contribution in [1.29, 1.82) is 0 Å². The molecule has 1 atom stereocenters. The van der Waals surface area contributed by atoms with E-state index in [-0.39, 0.29) is 18.9 Å². The predicted molar refractivity (Wildman–Crippen MR) is 111 cm³/mol. The second-order valence-electron chi connectivity index (χ2n) is 6.62. The Hall–Kier alpha value is -2.42. The smallest absolute Gasteiger partial charge is 0.323 e. The molecular weight excluding hydrogens is 394 g/mol. The van der Waals surface area contributed by atoms with Gasteiger partial charge in [-0.1, -0.05) is 38.3 Å². The van der Waals surface area contributed by atoms with Gasteiger partial charge in [0.05, 0.1) is 19.1 Å². The maximum Gasteiger partial charge on any atom is 0.323 e. The SMILES string of the molecule is CCCCCC(CCN(C(=O)Cc1ccc(OCC)cc1)C(=O)NC)N=S(=O)=O. The molecule has 29 heavy (non-hydrogen) atoms. The monoisotopic (exact) mass is 425 g/mol. The van der Waals surface area contributed by atoms with E-state index in [0.717, 1.165) is 29.7 Å². The quantitative estimate of drug-likeness (QED) is 0.518.